The number of rotatable bonds is 3. The van der Waals surface area contributed by atoms with Gasteiger partial charge in [0.25, 0.3) is 10.0 Å². The Balaban J connectivity index is 1.95. The van der Waals surface area contributed by atoms with Gasteiger partial charge in [-0.15, -0.1) is 0 Å². The van der Waals surface area contributed by atoms with Gasteiger partial charge in [0.05, 0.1) is 10.6 Å². The predicted molar refractivity (Wildman–Crippen MR) is 75.8 cm³/mol. The van der Waals surface area contributed by atoms with E-state index in [0.29, 0.717) is 0 Å². The van der Waals surface area contributed by atoms with Crippen LogP contribution in [0.3, 0.4) is 0 Å². The first kappa shape index (κ1) is 13.8. The Kier molecular flexibility index (Phi) is 3.29. The lowest BCUT2D eigenvalue weighted by molar-refractivity contribution is 0.594. The maximum atomic E-state index is 13.5. The molecule has 0 saturated heterocycles. The molecule has 0 bridgehead atoms. The first-order valence-corrected chi connectivity index (χ1v) is 7.79. The highest BCUT2D eigenvalue weighted by atomic mass is 32.2. The van der Waals surface area contributed by atoms with E-state index in [4.69, 9.17) is 0 Å². The van der Waals surface area contributed by atoms with E-state index in [1.165, 1.54) is 12.1 Å². The average molecular weight is 310 g/mol. The lowest BCUT2D eigenvalue weighted by atomic mass is 10.2. The number of fused-ring (bicyclic) bond motifs is 1. The number of halogens is 2. The van der Waals surface area contributed by atoms with Gasteiger partial charge in [-0.1, -0.05) is 0 Å². The summed E-state index contributed by atoms with van der Waals surface area (Å²) < 4.78 is 53.2. The van der Waals surface area contributed by atoms with Gasteiger partial charge in [-0.3, -0.25) is 4.72 Å². The summed E-state index contributed by atoms with van der Waals surface area (Å²) in [5.41, 5.74) is 1.37. The summed E-state index contributed by atoms with van der Waals surface area (Å²) >= 11 is 0. The van der Waals surface area contributed by atoms with Crippen LogP contribution in [0.2, 0.25) is 0 Å². The number of sulfonamides is 1. The molecule has 0 spiro atoms. The third-order valence-electron chi connectivity index (χ3n) is 3.27. The lowest BCUT2D eigenvalue weighted by Gasteiger charge is -2.10. The van der Waals surface area contributed by atoms with E-state index in [-0.39, 0.29) is 4.90 Å². The van der Waals surface area contributed by atoms with Crippen molar-refractivity contribution in [2.24, 2.45) is 0 Å². The first-order chi connectivity index (χ1) is 9.95. The standard InChI is InChI=1S/C14H12F2N2O2S/c15-10-1-3-12(16)14(8-10)18-21(19,20)11-2-4-13-9(7-11)5-6-17-13/h1-4,7-8,17-18H,5-6H2. The zero-order valence-corrected chi connectivity index (χ0v) is 11.7. The molecule has 0 aliphatic carbocycles. The van der Waals surface area contributed by atoms with Crippen LogP contribution in [0, 0.1) is 11.6 Å². The normalized spacial score (nSPS) is 13.6. The fraction of sp³-hybridized carbons (Fsp3) is 0.143. The van der Waals surface area contributed by atoms with Crippen molar-refractivity contribution in [2.45, 2.75) is 11.3 Å². The second kappa shape index (κ2) is 5.00. The summed E-state index contributed by atoms with van der Waals surface area (Å²) in [6.07, 6.45) is 0.729. The Morgan fingerprint density at radius 3 is 2.71 bits per heavy atom. The summed E-state index contributed by atoms with van der Waals surface area (Å²) in [5.74, 6) is -1.55. The second-order valence-corrected chi connectivity index (χ2v) is 6.41. The van der Waals surface area contributed by atoms with Gasteiger partial charge in [0, 0.05) is 18.3 Å². The van der Waals surface area contributed by atoms with Gasteiger partial charge in [-0.2, -0.15) is 0 Å². The van der Waals surface area contributed by atoms with Crippen molar-refractivity contribution in [3.05, 3.63) is 53.6 Å². The van der Waals surface area contributed by atoms with E-state index in [9.17, 15) is 17.2 Å². The van der Waals surface area contributed by atoms with Gasteiger partial charge in [0.2, 0.25) is 0 Å². The monoisotopic (exact) mass is 310 g/mol. The maximum Gasteiger partial charge on any atom is 0.261 e. The van der Waals surface area contributed by atoms with Crippen LogP contribution < -0.4 is 10.0 Å². The molecule has 0 unspecified atom stereocenters. The molecule has 7 heteroatoms. The summed E-state index contributed by atoms with van der Waals surface area (Å²) in [4.78, 5) is 0.0219. The molecule has 1 aliphatic heterocycles. The van der Waals surface area contributed by atoms with Crippen molar-refractivity contribution in [1.82, 2.24) is 0 Å². The van der Waals surface area contributed by atoms with E-state index < -0.39 is 27.3 Å². The molecule has 3 rings (SSSR count). The molecule has 1 aliphatic rings. The molecule has 110 valence electrons. The molecular formula is C14H12F2N2O2S. The number of anilines is 2. The van der Waals surface area contributed by atoms with Crippen LogP contribution in [0.1, 0.15) is 5.56 Å². The van der Waals surface area contributed by atoms with Crippen LogP contribution in [0.25, 0.3) is 0 Å². The fourth-order valence-corrected chi connectivity index (χ4v) is 3.34. The van der Waals surface area contributed by atoms with Gasteiger partial charge in [-0.25, -0.2) is 17.2 Å². The Bertz CT molecular complexity index is 807. The number of benzene rings is 2. The first-order valence-electron chi connectivity index (χ1n) is 6.30. The largest absolute Gasteiger partial charge is 0.384 e. The van der Waals surface area contributed by atoms with Crippen molar-refractivity contribution in [3.63, 3.8) is 0 Å². The number of nitrogens with one attached hydrogen (secondary N) is 2. The minimum absolute atomic E-state index is 0.0219. The third-order valence-corrected chi connectivity index (χ3v) is 4.63. The van der Waals surface area contributed by atoms with Crippen LogP contribution in [-0.2, 0) is 16.4 Å². The molecule has 4 nitrogen and oxygen atoms in total. The van der Waals surface area contributed by atoms with Crippen molar-refractivity contribution in [2.75, 3.05) is 16.6 Å². The summed E-state index contributed by atoms with van der Waals surface area (Å²) in [5, 5.41) is 3.12. The Hall–Kier alpha value is -2.15. The molecule has 2 aromatic rings. The fourth-order valence-electron chi connectivity index (χ4n) is 2.23. The number of hydrogen-bond donors (Lipinski definition) is 2. The van der Waals surface area contributed by atoms with Gasteiger partial charge in [-0.05, 0) is 42.3 Å². The molecule has 0 fully saturated rings. The smallest absolute Gasteiger partial charge is 0.261 e. The second-order valence-electron chi connectivity index (χ2n) is 4.73. The third kappa shape index (κ3) is 2.69. The minimum Gasteiger partial charge on any atom is -0.384 e. The van der Waals surface area contributed by atoms with Crippen LogP contribution >= 0.6 is 0 Å². The van der Waals surface area contributed by atoms with Crippen LogP contribution in [0.4, 0.5) is 20.2 Å². The Morgan fingerprint density at radius 1 is 1.10 bits per heavy atom. The summed E-state index contributed by atoms with van der Waals surface area (Å²) in [6.45, 7) is 0.755. The Morgan fingerprint density at radius 2 is 1.90 bits per heavy atom. The average Bonchev–Trinajstić information content (AvgIpc) is 2.90. The molecule has 1 heterocycles. The van der Waals surface area contributed by atoms with Gasteiger partial charge >= 0.3 is 0 Å². The van der Waals surface area contributed by atoms with E-state index >= 15 is 0 Å². The predicted octanol–water partition coefficient (Wildman–Crippen LogP) is 2.73. The van der Waals surface area contributed by atoms with Gasteiger partial charge in [0.1, 0.15) is 11.6 Å². The minimum atomic E-state index is -3.96. The maximum absolute atomic E-state index is 13.5. The van der Waals surface area contributed by atoms with Crippen LogP contribution in [0.5, 0.6) is 0 Å². The van der Waals surface area contributed by atoms with Gasteiger partial charge in [0.15, 0.2) is 0 Å². The summed E-state index contributed by atoms with van der Waals surface area (Å²) in [6, 6.07) is 7.24. The highest BCUT2D eigenvalue weighted by molar-refractivity contribution is 7.92. The van der Waals surface area contributed by atoms with Crippen molar-refractivity contribution in [3.8, 4) is 0 Å². The summed E-state index contributed by atoms with van der Waals surface area (Å²) in [7, 11) is -3.96. The molecule has 0 amide bonds. The highest BCUT2D eigenvalue weighted by Crippen LogP contribution is 2.26. The SMILES string of the molecule is O=S(=O)(Nc1cc(F)ccc1F)c1ccc2c(c1)CCN2. The lowest BCUT2D eigenvalue weighted by Crippen LogP contribution is -2.14. The van der Waals surface area contributed by atoms with E-state index in [1.54, 1.807) is 6.07 Å². The van der Waals surface area contributed by atoms with Crippen molar-refractivity contribution in [1.29, 1.82) is 0 Å². The molecule has 2 N–H and O–H groups in total. The zero-order valence-electron chi connectivity index (χ0n) is 10.9. The Labute approximate surface area is 120 Å². The van der Waals surface area contributed by atoms with Crippen molar-refractivity contribution < 1.29 is 17.2 Å². The molecule has 0 radical (unpaired) electrons. The van der Waals surface area contributed by atoms with Gasteiger partial charge < -0.3 is 5.32 Å². The van der Waals surface area contributed by atoms with Crippen molar-refractivity contribution >= 4 is 21.4 Å². The zero-order chi connectivity index (χ0) is 15.0. The number of hydrogen-bond acceptors (Lipinski definition) is 3. The van der Waals surface area contributed by atoms with E-state index in [1.807, 2.05) is 0 Å². The highest BCUT2D eigenvalue weighted by Gasteiger charge is 2.19. The molecular weight excluding hydrogens is 298 g/mol. The molecule has 21 heavy (non-hydrogen) atoms. The molecule has 0 aromatic heterocycles. The van der Waals surface area contributed by atoms with E-state index in [2.05, 4.69) is 10.0 Å². The topological polar surface area (TPSA) is 58.2 Å². The molecule has 2 aromatic carbocycles. The van der Waals surface area contributed by atoms with Crippen LogP contribution in [-0.4, -0.2) is 15.0 Å². The molecule has 0 atom stereocenters. The quantitative estimate of drug-likeness (QED) is 0.916. The molecule has 0 saturated carbocycles. The van der Waals surface area contributed by atoms with Crippen LogP contribution in [0.15, 0.2) is 41.3 Å². The van der Waals surface area contributed by atoms with E-state index in [0.717, 1.165) is 42.4 Å².